The average Bonchev–Trinajstić information content (AvgIpc) is 2.19. The molecule has 0 aromatic carbocycles. The molecular weight excluding hydrogens is 162 g/mol. The minimum atomic E-state index is 0.266. The Morgan fingerprint density at radius 2 is 2.54 bits per heavy atom. The number of nitrogens with one attached hydrogen (secondary N) is 1. The summed E-state index contributed by atoms with van der Waals surface area (Å²) in [6.07, 6.45) is 4.14. The predicted molar refractivity (Wildman–Crippen MR) is 50.9 cm³/mol. The fourth-order valence-corrected chi connectivity index (χ4v) is 1.09. The Morgan fingerprint density at radius 3 is 3.15 bits per heavy atom. The molecule has 0 bridgehead atoms. The summed E-state index contributed by atoms with van der Waals surface area (Å²) in [7, 11) is 0. The molecule has 1 rings (SSSR count). The van der Waals surface area contributed by atoms with Crippen molar-refractivity contribution >= 4 is 0 Å². The third-order valence-corrected chi connectivity index (χ3v) is 1.87. The normalized spacial score (nSPS) is 12.0. The van der Waals surface area contributed by atoms with Crippen molar-refractivity contribution in [1.29, 1.82) is 5.26 Å². The highest BCUT2D eigenvalue weighted by molar-refractivity contribution is 5.12. The highest BCUT2D eigenvalue weighted by Gasteiger charge is 2.02. The van der Waals surface area contributed by atoms with Gasteiger partial charge in [0.25, 0.3) is 0 Å². The van der Waals surface area contributed by atoms with Gasteiger partial charge < -0.3 is 5.32 Å². The molecule has 0 unspecified atom stereocenters. The maximum Gasteiger partial charge on any atom is 0.0635 e. The summed E-state index contributed by atoms with van der Waals surface area (Å²) < 4.78 is 0. The van der Waals surface area contributed by atoms with Gasteiger partial charge in [-0.1, -0.05) is 6.07 Å². The molecule has 0 radical (unpaired) electrons. The van der Waals surface area contributed by atoms with Crippen molar-refractivity contribution < 1.29 is 0 Å². The summed E-state index contributed by atoms with van der Waals surface area (Å²) in [5.74, 6) is 0. The van der Waals surface area contributed by atoms with Crippen LogP contribution in [0.5, 0.6) is 0 Å². The number of rotatable bonds is 4. The minimum Gasteiger partial charge on any atom is -0.309 e. The lowest BCUT2D eigenvalue weighted by molar-refractivity contribution is 0.581. The molecule has 3 heteroatoms. The molecule has 0 saturated carbocycles. The largest absolute Gasteiger partial charge is 0.309 e. The lowest BCUT2D eigenvalue weighted by Crippen LogP contribution is -2.19. The Morgan fingerprint density at radius 1 is 1.69 bits per heavy atom. The summed E-state index contributed by atoms with van der Waals surface area (Å²) in [5.41, 5.74) is 1.15. The van der Waals surface area contributed by atoms with Crippen LogP contribution >= 0.6 is 0 Å². The molecule has 1 atom stereocenters. The van der Waals surface area contributed by atoms with E-state index in [0.29, 0.717) is 6.42 Å². The Balaban J connectivity index is 2.41. The molecule has 1 N–H and O–H groups in total. The second-order valence-electron chi connectivity index (χ2n) is 2.87. The average molecular weight is 175 g/mol. The van der Waals surface area contributed by atoms with Crippen LogP contribution in [0.1, 0.15) is 24.9 Å². The zero-order valence-corrected chi connectivity index (χ0v) is 7.70. The Labute approximate surface area is 78.4 Å². The Bertz CT molecular complexity index is 276. The van der Waals surface area contributed by atoms with E-state index in [4.69, 9.17) is 5.26 Å². The smallest absolute Gasteiger partial charge is 0.0635 e. The van der Waals surface area contributed by atoms with Crippen molar-refractivity contribution in [3.05, 3.63) is 30.1 Å². The van der Waals surface area contributed by atoms with Gasteiger partial charge in [-0.15, -0.1) is 0 Å². The fourth-order valence-electron chi connectivity index (χ4n) is 1.09. The van der Waals surface area contributed by atoms with Crippen molar-refractivity contribution in [2.75, 3.05) is 6.54 Å². The molecule has 0 aliphatic carbocycles. The molecule has 0 fully saturated rings. The topological polar surface area (TPSA) is 48.7 Å². The van der Waals surface area contributed by atoms with Crippen molar-refractivity contribution in [1.82, 2.24) is 10.3 Å². The van der Waals surface area contributed by atoms with Crippen LogP contribution in [0.4, 0.5) is 0 Å². The van der Waals surface area contributed by atoms with E-state index in [9.17, 15) is 0 Å². The summed E-state index contributed by atoms with van der Waals surface area (Å²) in [6.45, 7) is 2.79. The molecule has 1 heterocycles. The van der Waals surface area contributed by atoms with Gasteiger partial charge in [-0.05, 0) is 18.6 Å². The van der Waals surface area contributed by atoms with Crippen molar-refractivity contribution in [3.63, 3.8) is 0 Å². The number of pyridine rings is 1. The molecule has 0 spiro atoms. The van der Waals surface area contributed by atoms with Crippen LogP contribution in [0.15, 0.2) is 24.5 Å². The Kier molecular flexibility index (Phi) is 3.94. The van der Waals surface area contributed by atoms with Crippen LogP contribution in [0.2, 0.25) is 0 Å². The standard InChI is InChI=1S/C10H13N3/c1-9(13-7-3-5-11)10-4-2-6-12-8-10/h2,4,6,8-9,13H,3,7H2,1H3/t9-/m0/s1. The van der Waals surface area contributed by atoms with Crippen LogP contribution in [0.25, 0.3) is 0 Å². The van der Waals surface area contributed by atoms with E-state index in [0.717, 1.165) is 12.1 Å². The second-order valence-corrected chi connectivity index (χ2v) is 2.87. The van der Waals surface area contributed by atoms with Gasteiger partial charge in [0.1, 0.15) is 0 Å². The van der Waals surface area contributed by atoms with E-state index in [1.54, 1.807) is 6.20 Å². The molecule has 0 aliphatic heterocycles. The van der Waals surface area contributed by atoms with Crippen LogP contribution < -0.4 is 5.32 Å². The molecule has 13 heavy (non-hydrogen) atoms. The van der Waals surface area contributed by atoms with E-state index in [-0.39, 0.29) is 6.04 Å². The molecule has 0 amide bonds. The number of aromatic nitrogens is 1. The molecule has 0 aliphatic rings. The summed E-state index contributed by atoms with van der Waals surface area (Å²) >= 11 is 0. The third kappa shape index (κ3) is 3.22. The van der Waals surface area contributed by atoms with Gasteiger partial charge in [-0.2, -0.15) is 5.26 Å². The lowest BCUT2D eigenvalue weighted by atomic mass is 10.1. The van der Waals surface area contributed by atoms with E-state index in [1.807, 2.05) is 18.3 Å². The number of nitriles is 1. The van der Waals surface area contributed by atoms with Crippen molar-refractivity contribution in [2.24, 2.45) is 0 Å². The van der Waals surface area contributed by atoms with Gasteiger partial charge in [0.05, 0.1) is 6.07 Å². The molecule has 1 aromatic heterocycles. The minimum absolute atomic E-state index is 0.266. The van der Waals surface area contributed by atoms with E-state index < -0.39 is 0 Å². The van der Waals surface area contributed by atoms with Gasteiger partial charge in [0.15, 0.2) is 0 Å². The Hall–Kier alpha value is -1.40. The lowest BCUT2D eigenvalue weighted by Gasteiger charge is -2.11. The van der Waals surface area contributed by atoms with Gasteiger partial charge >= 0.3 is 0 Å². The summed E-state index contributed by atoms with van der Waals surface area (Å²) in [6, 6.07) is 6.30. The van der Waals surface area contributed by atoms with Crippen LogP contribution in [0.3, 0.4) is 0 Å². The molecule has 1 aromatic rings. The summed E-state index contributed by atoms with van der Waals surface area (Å²) in [5, 5.41) is 11.6. The van der Waals surface area contributed by atoms with E-state index in [1.165, 1.54) is 0 Å². The zero-order chi connectivity index (χ0) is 9.52. The second kappa shape index (κ2) is 5.28. The van der Waals surface area contributed by atoms with Gasteiger partial charge in [-0.3, -0.25) is 4.98 Å². The first-order valence-electron chi connectivity index (χ1n) is 4.35. The fraction of sp³-hybridized carbons (Fsp3) is 0.400. The van der Waals surface area contributed by atoms with Gasteiger partial charge in [0.2, 0.25) is 0 Å². The van der Waals surface area contributed by atoms with Gasteiger partial charge in [0, 0.05) is 31.4 Å². The third-order valence-electron chi connectivity index (χ3n) is 1.87. The quantitative estimate of drug-likeness (QED) is 0.708. The molecule has 3 nitrogen and oxygen atoms in total. The predicted octanol–water partition coefficient (Wildman–Crippen LogP) is 1.65. The van der Waals surface area contributed by atoms with E-state index in [2.05, 4.69) is 23.3 Å². The van der Waals surface area contributed by atoms with E-state index >= 15 is 0 Å². The van der Waals surface area contributed by atoms with Gasteiger partial charge in [-0.25, -0.2) is 0 Å². The SMILES string of the molecule is C[C@H](NCCC#N)c1cccnc1. The number of nitrogens with zero attached hydrogens (tertiary/aromatic N) is 2. The van der Waals surface area contributed by atoms with Crippen LogP contribution in [-0.4, -0.2) is 11.5 Å². The van der Waals surface area contributed by atoms with Crippen molar-refractivity contribution in [3.8, 4) is 6.07 Å². The van der Waals surface area contributed by atoms with Crippen LogP contribution in [0, 0.1) is 11.3 Å². The first kappa shape index (κ1) is 9.69. The first-order valence-corrected chi connectivity index (χ1v) is 4.35. The molecule has 68 valence electrons. The van der Waals surface area contributed by atoms with Crippen molar-refractivity contribution in [2.45, 2.75) is 19.4 Å². The zero-order valence-electron chi connectivity index (χ0n) is 7.70. The highest BCUT2D eigenvalue weighted by atomic mass is 14.9. The monoisotopic (exact) mass is 175 g/mol. The highest BCUT2D eigenvalue weighted by Crippen LogP contribution is 2.08. The molecular formula is C10H13N3. The first-order chi connectivity index (χ1) is 6.34. The summed E-state index contributed by atoms with van der Waals surface area (Å²) in [4.78, 5) is 4.03. The number of hydrogen-bond donors (Lipinski definition) is 1. The van der Waals surface area contributed by atoms with Crippen LogP contribution in [-0.2, 0) is 0 Å². The molecule has 0 saturated heterocycles. The maximum atomic E-state index is 8.35. The maximum absolute atomic E-state index is 8.35. The number of hydrogen-bond acceptors (Lipinski definition) is 3.